The predicted molar refractivity (Wildman–Crippen MR) is 99.1 cm³/mol. The van der Waals surface area contributed by atoms with E-state index in [0.29, 0.717) is 6.54 Å². The van der Waals surface area contributed by atoms with E-state index in [2.05, 4.69) is 64.2 Å². The molecule has 0 aromatic heterocycles. The second-order valence-corrected chi connectivity index (χ2v) is 7.36. The first-order chi connectivity index (χ1) is 11.6. The van der Waals surface area contributed by atoms with Crippen LogP contribution < -0.4 is 0 Å². The molecule has 3 rings (SSSR count). The third-order valence-electron chi connectivity index (χ3n) is 4.76. The molecule has 0 aliphatic carbocycles. The van der Waals surface area contributed by atoms with Crippen molar-refractivity contribution < 1.29 is 9.90 Å². The molecular formula is C20H22BrNO2. The summed E-state index contributed by atoms with van der Waals surface area (Å²) in [4.78, 5) is 13.8. The summed E-state index contributed by atoms with van der Waals surface area (Å²) in [7, 11) is 0. The lowest BCUT2D eigenvalue weighted by Gasteiger charge is -2.38. The van der Waals surface area contributed by atoms with Gasteiger partial charge >= 0.3 is 5.97 Å². The minimum atomic E-state index is -0.686. The standard InChI is InChI=1S/C20H22BrNO2/c1-14-8-10-15(11-9-14)19(17-6-2-3-7-18(17)21)22-12-4-5-16(13-22)20(23)24/h2-3,6-11,16,19H,4-5,12-13H2,1H3,(H,23,24). The zero-order chi connectivity index (χ0) is 17.1. The molecule has 3 nitrogen and oxygen atoms in total. The number of aryl methyl sites for hydroxylation is 1. The largest absolute Gasteiger partial charge is 0.481 e. The molecule has 2 aromatic carbocycles. The van der Waals surface area contributed by atoms with E-state index in [9.17, 15) is 9.90 Å². The number of carboxylic acid groups (broad SMARTS) is 1. The van der Waals surface area contributed by atoms with Gasteiger partial charge in [0.2, 0.25) is 0 Å². The van der Waals surface area contributed by atoms with Crippen molar-refractivity contribution in [3.63, 3.8) is 0 Å². The second kappa shape index (κ2) is 7.49. The number of carboxylic acids is 1. The molecule has 2 aromatic rings. The highest BCUT2D eigenvalue weighted by Crippen LogP contribution is 2.36. The smallest absolute Gasteiger partial charge is 0.307 e. The summed E-state index contributed by atoms with van der Waals surface area (Å²) in [6.45, 7) is 3.59. The van der Waals surface area contributed by atoms with Crippen LogP contribution in [0.1, 0.15) is 35.6 Å². The highest BCUT2D eigenvalue weighted by molar-refractivity contribution is 9.10. The Morgan fingerprint density at radius 1 is 1.21 bits per heavy atom. The Bertz CT molecular complexity index is 714. The number of rotatable bonds is 4. The van der Waals surface area contributed by atoms with E-state index < -0.39 is 5.97 Å². The summed E-state index contributed by atoms with van der Waals surface area (Å²) in [6, 6.07) is 16.9. The van der Waals surface area contributed by atoms with Crippen molar-refractivity contribution in [2.24, 2.45) is 5.92 Å². The molecule has 1 N–H and O–H groups in total. The molecule has 0 spiro atoms. The van der Waals surface area contributed by atoms with E-state index in [4.69, 9.17) is 0 Å². The van der Waals surface area contributed by atoms with E-state index in [-0.39, 0.29) is 12.0 Å². The van der Waals surface area contributed by atoms with Gasteiger partial charge in [0.15, 0.2) is 0 Å². The Kier molecular flexibility index (Phi) is 5.36. The van der Waals surface area contributed by atoms with Crippen LogP contribution in [0.3, 0.4) is 0 Å². The number of piperidine rings is 1. The molecule has 24 heavy (non-hydrogen) atoms. The van der Waals surface area contributed by atoms with Gasteiger partial charge in [0, 0.05) is 11.0 Å². The number of aliphatic carboxylic acids is 1. The van der Waals surface area contributed by atoms with Crippen molar-refractivity contribution >= 4 is 21.9 Å². The average molecular weight is 388 g/mol. The van der Waals surface area contributed by atoms with Gasteiger partial charge in [-0.3, -0.25) is 9.69 Å². The summed E-state index contributed by atoms with van der Waals surface area (Å²) < 4.78 is 1.06. The molecular weight excluding hydrogens is 366 g/mol. The van der Waals surface area contributed by atoms with Gasteiger partial charge in [-0.1, -0.05) is 64.0 Å². The van der Waals surface area contributed by atoms with Crippen molar-refractivity contribution in [1.29, 1.82) is 0 Å². The van der Waals surface area contributed by atoms with Crippen LogP contribution in [0.4, 0.5) is 0 Å². The van der Waals surface area contributed by atoms with Crippen molar-refractivity contribution in [3.05, 3.63) is 69.7 Å². The highest BCUT2D eigenvalue weighted by atomic mass is 79.9. The maximum absolute atomic E-state index is 11.5. The Morgan fingerprint density at radius 2 is 1.92 bits per heavy atom. The molecule has 1 aliphatic rings. The second-order valence-electron chi connectivity index (χ2n) is 6.51. The zero-order valence-corrected chi connectivity index (χ0v) is 15.4. The molecule has 2 atom stereocenters. The first-order valence-corrected chi connectivity index (χ1v) is 9.13. The van der Waals surface area contributed by atoms with E-state index in [1.807, 2.05) is 12.1 Å². The van der Waals surface area contributed by atoms with Crippen molar-refractivity contribution in [2.45, 2.75) is 25.8 Å². The first kappa shape index (κ1) is 17.2. The molecule has 0 saturated carbocycles. The van der Waals surface area contributed by atoms with Crippen molar-refractivity contribution in [3.8, 4) is 0 Å². The average Bonchev–Trinajstić information content (AvgIpc) is 2.59. The maximum atomic E-state index is 11.5. The van der Waals surface area contributed by atoms with E-state index >= 15 is 0 Å². The van der Waals surface area contributed by atoms with E-state index in [1.54, 1.807) is 0 Å². The van der Waals surface area contributed by atoms with Crippen LogP contribution in [-0.4, -0.2) is 29.1 Å². The zero-order valence-electron chi connectivity index (χ0n) is 13.8. The minimum Gasteiger partial charge on any atom is -0.481 e. The maximum Gasteiger partial charge on any atom is 0.307 e. The fourth-order valence-corrected chi connectivity index (χ4v) is 3.98. The lowest BCUT2D eigenvalue weighted by atomic mass is 9.91. The van der Waals surface area contributed by atoms with Crippen LogP contribution in [0.5, 0.6) is 0 Å². The number of hydrogen-bond donors (Lipinski definition) is 1. The fourth-order valence-electron chi connectivity index (χ4n) is 3.48. The summed E-state index contributed by atoms with van der Waals surface area (Å²) in [5.41, 5.74) is 3.62. The Morgan fingerprint density at radius 3 is 2.58 bits per heavy atom. The van der Waals surface area contributed by atoms with Gasteiger partial charge in [-0.15, -0.1) is 0 Å². The molecule has 1 heterocycles. The predicted octanol–water partition coefficient (Wildman–Crippen LogP) is 4.64. The Hall–Kier alpha value is -1.65. The SMILES string of the molecule is Cc1ccc(C(c2ccccc2Br)N2CCCC(C(=O)O)C2)cc1. The minimum absolute atomic E-state index is 0.0725. The normalized spacial score (nSPS) is 19.8. The van der Waals surface area contributed by atoms with Gasteiger partial charge < -0.3 is 5.11 Å². The molecule has 1 saturated heterocycles. The van der Waals surface area contributed by atoms with Crippen LogP contribution >= 0.6 is 15.9 Å². The quantitative estimate of drug-likeness (QED) is 0.830. The first-order valence-electron chi connectivity index (χ1n) is 8.34. The third-order valence-corrected chi connectivity index (χ3v) is 5.48. The highest BCUT2D eigenvalue weighted by Gasteiger charge is 2.31. The molecule has 0 radical (unpaired) electrons. The van der Waals surface area contributed by atoms with E-state index in [0.717, 1.165) is 23.9 Å². The summed E-state index contributed by atoms with van der Waals surface area (Å²) in [5.74, 6) is -0.969. The van der Waals surface area contributed by atoms with Crippen LogP contribution in [0, 0.1) is 12.8 Å². The van der Waals surface area contributed by atoms with Crippen LogP contribution in [0.25, 0.3) is 0 Å². The van der Waals surface area contributed by atoms with Gasteiger partial charge in [-0.05, 0) is 43.5 Å². The molecule has 0 amide bonds. The molecule has 126 valence electrons. The van der Waals surface area contributed by atoms with Crippen LogP contribution in [0.15, 0.2) is 53.0 Å². The molecule has 1 fully saturated rings. The van der Waals surface area contributed by atoms with E-state index in [1.165, 1.54) is 16.7 Å². The van der Waals surface area contributed by atoms with Gasteiger partial charge in [-0.25, -0.2) is 0 Å². The van der Waals surface area contributed by atoms with Gasteiger partial charge in [0.25, 0.3) is 0 Å². The topological polar surface area (TPSA) is 40.5 Å². The number of likely N-dealkylation sites (tertiary alicyclic amines) is 1. The summed E-state index contributed by atoms with van der Waals surface area (Å²) in [5, 5.41) is 9.43. The third kappa shape index (κ3) is 3.70. The lowest BCUT2D eigenvalue weighted by Crippen LogP contribution is -2.41. The number of hydrogen-bond acceptors (Lipinski definition) is 2. The molecule has 1 aliphatic heterocycles. The van der Waals surface area contributed by atoms with Gasteiger partial charge in [0.05, 0.1) is 12.0 Å². The number of carbonyl (C=O) groups is 1. The Labute approximate surface area is 151 Å². The molecule has 2 unspecified atom stereocenters. The Balaban J connectivity index is 2.00. The van der Waals surface area contributed by atoms with Gasteiger partial charge in [0.1, 0.15) is 0 Å². The van der Waals surface area contributed by atoms with Crippen molar-refractivity contribution in [1.82, 2.24) is 4.90 Å². The van der Waals surface area contributed by atoms with Crippen LogP contribution in [-0.2, 0) is 4.79 Å². The monoisotopic (exact) mass is 387 g/mol. The van der Waals surface area contributed by atoms with Crippen LogP contribution in [0.2, 0.25) is 0 Å². The molecule has 0 bridgehead atoms. The summed E-state index contributed by atoms with van der Waals surface area (Å²) >= 11 is 3.68. The van der Waals surface area contributed by atoms with Gasteiger partial charge in [-0.2, -0.15) is 0 Å². The number of nitrogens with zero attached hydrogens (tertiary/aromatic N) is 1. The fraction of sp³-hybridized carbons (Fsp3) is 0.350. The lowest BCUT2D eigenvalue weighted by molar-refractivity contribution is -0.143. The van der Waals surface area contributed by atoms with Crippen molar-refractivity contribution in [2.75, 3.05) is 13.1 Å². The number of halogens is 1. The summed E-state index contributed by atoms with van der Waals surface area (Å²) in [6.07, 6.45) is 1.69. The number of benzene rings is 2. The molecule has 4 heteroatoms.